The number of nitrogens with zero attached hydrogens (tertiary/aromatic N) is 2. The summed E-state index contributed by atoms with van der Waals surface area (Å²) >= 11 is 0. The van der Waals surface area contributed by atoms with E-state index in [1.165, 1.54) is 25.7 Å². The van der Waals surface area contributed by atoms with Gasteiger partial charge in [0.15, 0.2) is 0 Å². The number of hydrogen-bond donors (Lipinski definition) is 0. The van der Waals surface area contributed by atoms with Crippen LogP contribution in [0.3, 0.4) is 0 Å². The molecule has 0 radical (unpaired) electrons. The molecule has 3 aliphatic rings. The molecule has 3 rings (SSSR count). The van der Waals surface area contributed by atoms with Crippen LogP contribution in [0.15, 0.2) is 12.2 Å². The highest BCUT2D eigenvalue weighted by Gasteiger charge is 2.70. The van der Waals surface area contributed by atoms with E-state index in [1.807, 2.05) is 15.9 Å². The standard InChI is InChI=1S/C19H30N2O2/c1-15(22)20-10-12-21(13-11-20)16(23)6-9-19-14-18(19,4)8-5-7-17(19,2)3/h6,9H,5,7-8,10-14H2,1-4H3/b9-6+. The monoisotopic (exact) mass is 318 g/mol. The summed E-state index contributed by atoms with van der Waals surface area (Å²) < 4.78 is 0. The molecule has 0 aromatic carbocycles. The van der Waals surface area contributed by atoms with Gasteiger partial charge in [-0.1, -0.05) is 33.3 Å². The Morgan fingerprint density at radius 1 is 0.957 bits per heavy atom. The first-order valence-corrected chi connectivity index (χ1v) is 8.95. The molecule has 3 fully saturated rings. The molecule has 23 heavy (non-hydrogen) atoms. The largest absolute Gasteiger partial charge is 0.339 e. The number of allylic oxidation sites excluding steroid dienone is 1. The SMILES string of the molecule is CC(=O)N1CCN(C(=O)/C=C/C23CC2(C)CCCC3(C)C)CC1. The summed E-state index contributed by atoms with van der Waals surface area (Å²) in [5.41, 5.74) is 0.873. The van der Waals surface area contributed by atoms with Gasteiger partial charge in [-0.25, -0.2) is 0 Å². The molecule has 1 heterocycles. The van der Waals surface area contributed by atoms with E-state index in [9.17, 15) is 9.59 Å². The molecule has 0 aromatic rings. The fourth-order valence-electron chi connectivity index (χ4n) is 5.13. The van der Waals surface area contributed by atoms with Gasteiger partial charge in [0.05, 0.1) is 0 Å². The van der Waals surface area contributed by atoms with Gasteiger partial charge in [-0.05, 0) is 41.6 Å². The highest BCUT2D eigenvalue weighted by molar-refractivity contribution is 5.88. The topological polar surface area (TPSA) is 40.6 Å². The van der Waals surface area contributed by atoms with Crippen molar-refractivity contribution in [3.63, 3.8) is 0 Å². The summed E-state index contributed by atoms with van der Waals surface area (Å²) in [6.07, 6.45) is 9.10. The number of carbonyl (C=O) groups excluding carboxylic acids is 2. The number of amides is 2. The van der Waals surface area contributed by atoms with Crippen molar-refractivity contribution in [1.29, 1.82) is 0 Å². The van der Waals surface area contributed by atoms with Gasteiger partial charge in [0.2, 0.25) is 11.8 Å². The second-order valence-electron chi connectivity index (χ2n) is 8.61. The normalized spacial score (nSPS) is 36.0. The third-order valence-corrected chi connectivity index (χ3v) is 6.91. The van der Waals surface area contributed by atoms with Crippen molar-refractivity contribution in [2.45, 2.75) is 53.4 Å². The van der Waals surface area contributed by atoms with Crippen LogP contribution >= 0.6 is 0 Å². The van der Waals surface area contributed by atoms with Crippen LogP contribution in [-0.2, 0) is 9.59 Å². The van der Waals surface area contributed by atoms with Gasteiger partial charge >= 0.3 is 0 Å². The van der Waals surface area contributed by atoms with Gasteiger partial charge < -0.3 is 9.80 Å². The number of carbonyl (C=O) groups is 2. The van der Waals surface area contributed by atoms with Crippen LogP contribution in [0.2, 0.25) is 0 Å². The Hall–Kier alpha value is -1.32. The highest BCUT2D eigenvalue weighted by Crippen LogP contribution is 2.78. The first-order valence-electron chi connectivity index (χ1n) is 8.95. The smallest absolute Gasteiger partial charge is 0.246 e. The van der Waals surface area contributed by atoms with Crippen molar-refractivity contribution in [1.82, 2.24) is 9.80 Å². The summed E-state index contributed by atoms with van der Waals surface area (Å²) in [5.74, 6) is 0.211. The molecule has 4 heteroatoms. The molecule has 128 valence electrons. The fourth-order valence-corrected chi connectivity index (χ4v) is 5.13. The number of fused-ring (bicyclic) bond motifs is 1. The third kappa shape index (κ3) is 2.60. The fraction of sp³-hybridized carbons (Fsp3) is 0.789. The number of rotatable bonds is 2. The van der Waals surface area contributed by atoms with E-state index in [0.717, 1.165) is 0 Å². The molecule has 1 saturated heterocycles. The average Bonchev–Trinajstić information content (AvgIpc) is 3.13. The minimum absolute atomic E-state index is 0.101. The van der Waals surface area contributed by atoms with Crippen molar-refractivity contribution in [3.05, 3.63) is 12.2 Å². The summed E-state index contributed by atoms with van der Waals surface area (Å²) in [5, 5.41) is 0. The first-order chi connectivity index (χ1) is 10.7. The van der Waals surface area contributed by atoms with Crippen LogP contribution in [0.1, 0.15) is 53.4 Å². The molecule has 0 bridgehead atoms. The van der Waals surface area contributed by atoms with E-state index < -0.39 is 0 Å². The van der Waals surface area contributed by atoms with Crippen molar-refractivity contribution >= 4 is 11.8 Å². The van der Waals surface area contributed by atoms with E-state index in [0.29, 0.717) is 31.6 Å². The summed E-state index contributed by atoms with van der Waals surface area (Å²) in [6, 6.07) is 0. The number of piperazine rings is 1. The molecule has 0 aromatic heterocycles. The molecule has 1 aliphatic heterocycles. The molecular weight excluding hydrogens is 288 g/mol. The lowest BCUT2D eigenvalue weighted by Crippen LogP contribution is -2.49. The minimum atomic E-state index is 0.101. The van der Waals surface area contributed by atoms with Crippen LogP contribution < -0.4 is 0 Å². The van der Waals surface area contributed by atoms with E-state index >= 15 is 0 Å². The summed E-state index contributed by atoms with van der Waals surface area (Å²) in [7, 11) is 0. The predicted octanol–water partition coefficient (Wildman–Crippen LogP) is 2.84. The van der Waals surface area contributed by atoms with Gasteiger partial charge in [-0.15, -0.1) is 0 Å². The molecule has 4 nitrogen and oxygen atoms in total. The minimum Gasteiger partial charge on any atom is -0.339 e. The van der Waals surface area contributed by atoms with Crippen LogP contribution in [0.4, 0.5) is 0 Å². The van der Waals surface area contributed by atoms with E-state index in [-0.39, 0.29) is 22.6 Å². The van der Waals surface area contributed by atoms with Gasteiger partial charge in [0.1, 0.15) is 0 Å². The Labute approximate surface area is 139 Å². The van der Waals surface area contributed by atoms with E-state index in [4.69, 9.17) is 0 Å². The molecule has 2 atom stereocenters. The first kappa shape index (κ1) is 16.5. The van der Waals surface area contributed by atoms with Gasteiger partial charge in [0, 0.05) is 33.1 Å². The van der Waals surface area contributed by atoms with Crippen molar-refractivity contribution < 1.29 is 9.59 Å². The van der Waals surface area contributed by atoms with Crippen LogP contribution in [-0.4, -0.2) is 47.8 Å². The van der Waals surface area contributed by atoms with Crippen LogP contribution in [0.25, 0.3) is 0 Å². The maximum Gasteiger partial charge on any atom is 0.246 e. The Kier molecular flexibility index (Phi) is 3.85. The second-order valence-corrected chi connectivity index (χ2v) is 8.61. The van der Waals surface area contributed by atoms with E-state index in [2.05, 4.69) is 26.8 Å². The van der Waals surface area contributed by atoms with E-state index in [1.54, 1.807) is 6.92 Å². The van der Waals surface area contributed by atoms with Gasteiger partial charge in [0.25, 0.3) is 0 Å². The van der Waals surface area contributed by atoms with Crippen LogP contribution in [0, 0.1) is 16.2 Å². The van der Waals surface area contributed by atoms with Crippen molar-refractivity contribution in [2.24, 2.45) is 16.2 Å². The second kappa shape index (κ2) is 5.35. The lowest BCUT2D eigenvalue weighted by Gasteiger charge is -2.41. The maximum absolute atomic E-state index is 12.5. The Bertz CT molecular complexity index is 546. The molecule has 2 aliphatic carbocycles. The quantitative estimate of drug-likeness (QED) is 0.735. The highest BCUT2D eigenvalue weighted by atomic mass is 16.2. The zero-order valence-electron chi connectivity index (χ0n) is 15.0. The lowest BCUT2D eigenvalue weighted by atomic mass is 9.63. The zero-order chi connectivity index (χ0) is 16.9. The molecule has 2 unspecified atom stereocenters. The molecule has 0 spiro atoms. The Morgan fingerprint density at radius 2 is 1.57 bits per heavy atom. The summed E-state index contributed by atoms with van der Waals surface area (Å²) in [4.78, 5) is 27.6. The predicted molar refractivity (Wildman–Crippen MR) is 90.8 cm³/mol. The molecule has 2 saturated carbocycles. The van der Waals surface area contributed by atoms with Crippen LogP contribution in [0.5, 0.6) is 0 Å². The summed E-state index contributed by atoms with van der Waals surface area (Å²) in [6.45, 7) is 11.3. The van der Waals surface area contributed by atoms with Crippen molar-refractivity contribution in [3.8, 4) is 0 Å². The molecule has 2 amide bonds. The van der Waals surface area contributed by atoms with Gasteiger partial charge in [-0.3, -0.25) is 9.59 Å². The lowest BCUT2D eigenvalue weighted by molar-refractivity contribution is -0.135. The number of hydrogen-bond acceptors (Lipinski definition) is 2. The third-order valence-electron chi connectivity index (χ3n) is 6.91. The zero-order valence-corrected chi connectivity index (χ0v) is 15.0. The molecule has 0 N–H and O–H groups in total. The Morgan fingerprint density at radius 3 is 2.13 bits per heavy atom. The Balaban J connectivity index is 1.65. The van der Waals surface area contributed by atoms with Gasteiger partial charge in [-0.2, -0.15) is 0 Å². The van der Waals surface area contributed by atoms with Crippen molar-refractivity contribution in [2.75, 3.05) is 26.2 Å². The molecular formula is C19H30N2O2. The maximum atomic E-state index is 12.5. The average molecular weight is 318 g/mol.